The largest absolute Gasteiger partial charge is 0.390 e. The van der Waals surface area contributed by atoms with Crippen LogP contribution in [0.25, 0.3) is 11.0 Å². The van der Waals surface area contributed by atoms with Crippen LogP contribution in [0.4, 0.5) is 0 Å². The van der Waals surface area contributed by atoms with E-state index >= 15 is 0 Å². The molecule has 0 amide bonds. The summed E-state index contributed by atoms with van der Waals surface area (Å²) in [7, 11) is 0. The number of aliphatic hydroxyl groups excluding tert-OH is 1. The SMILES string of the molecule is O=c1c2ncccc2ncn1C[C@H](O)CN1CCCCCC1. The van der Waals surface area contributed by atoms with E-state index in [0.29, 0.717) is 17.6 Å². The van der Waals surface area contributed by atoms with E-state index in [2.05, 4.69) is 14.9 Å². The number of hydrogen-bond donors (Lipinski definition) is 1. The highest BCUT2D eigenvalue weighted by Gasteiger charge is 2.15. The second kappa shape index (κ2) is 6.98. The summed E-state index contributed by atoms with van der Waals surface area (Å²) in [4.78, 5) is 23.0. The Labute approximate surface area is 129 Å². The van der Waals surface area contributed by atoms with Crippen molar-refractivity contribution in [1.82, 2.24) is 19.4 Å². The number of β-amino-alcohol motifs (C(OH)–C–C–N with tert-alkyl or cyclic N) is 1. The summed E-state index contributed by atoms with van der Waals surface area (Å²) in [5.74, 6) is 0. The van der Waals surface area contributed by atoms with Crippen molar-refractivity contribution in [3.05, 3.63) is 35.0 Å². The lowest BCUT2D eigenvalue weighted by Gasteiger charge is -2.23. The number of rotatable bonds is 4. The molecule has 1 aliphatic rings. The van der Waals surface area contributed by atoms with Gasteiger partial charge in [-0.2, -0.15) is 0 Å². The lowest BCUT2D eigenvalue weighted by Crippen LogP contribution is -2.37. The van der Waals surface area contributed by atoms with Crippen LogP contribution in [0.15, 0.2) is 29.5 Å². The van der Waals surface area contributed by atoms with E-state index in [-0.39, 0.29) is 12.1 Å². The summed E-state index contributed by atoms with van der Waals surface area (Å²) < 4.78 is 1.46. The summed E-state index contributed by atoms with van der Waals surface area (Å²) in [5.41, 5.74) is 0.748. The van der Waals surface area contributed by atoms with Gasteiger partial charge in [-0.1, -0.05) is 12.8 Å². The number of likely N-dealkylation sites (tertiary alicyclic amines) is 1. The Morgan fingerprint density at radius 3 is 2.68 bits per heavy atom. The third-order valence-electron chi connectivity index (χ3n) is 4.16. The summed E-state index contributed by atoms with van der Waals surface area (Å²) in [6.07, 6.45) is 7.43. The van der Waals surface area contributed by atoms with Gasteiger partial charge in [0.05, 0.1) is 24.5 Å². The Balaban J connectivity index is 1.69. The molecule has 3 heterocycles. The zero-order valence-corrected chi connectivity index (χ0v) is 12.7. The second-order valence-electron chi connectivity index (χ2n) is 5.94. The molecule has 1 aliphatic heterocycles. The first-order valence-electron chi connectivity index (χ1n) is 7.94. The molecule has 6 nitrogen and oxygen atoms in total. The van der Waals surface area contributed by atoms with Crippen molar-refractivity contribution in [1.29, 1.82) is 0 Å². The van der Waals surface area contributed by atoms with Gasteiger partial charge in [0.2, 0.25) is 0 Å². The predicted octanol–water partition coefficient (Wildman–Crippen LogP) is 1.03. The molecule has 0 bridgehead atoms. The van der Waals surface area contributed by atoms with Gasteiger partial charge in [0.15, 0.2) is 5.52 Å². The molecule has 1 N–H and O–H groups in total. The Bertz CT molecular complexity index is 677. The molecular weight excluding hydrogens is 280 g/mol. The van der Waals surface area contributed by atoms with Crippen LogP contribution < -0.4 is 5.56 Å². The maximum atomic E-state index is 12.3. The molecule has 0 spiro atoms. The molecule has 6 heteroatoms. The first-order chi connectivity index (χ1) is 10.7. The number of hydrogen-bond acceptors (Lipinski definition) is 5. The van der Waals surface area contributed by atoms with Crippen molar-refractivity contribution < 1.29 is 5.11 Å². The van der Waals surface area contributed by atoms with Crippen LogP contribution in [0, 0.1) is 0 Å². The molecule has 3 rings (SSSR count). The highest BCUT2D eigenvalue weighted by Crippen LogP contribution is 2.10. The fourth-order valence-corrected chi connectivity index (χ4v) is 3.02. The number of aliphatic hydroxyl groups is 1. The summed E-state index contributed by atoms with van der Waals surface area (Å²) in [6, 6.07) is 3.52. The molecule has 0 radical (unpaired) electrons. The highest BCUT2D eigenvalue weighted by atomic mass is 16.3. The van der Waals surface area contributed by atoms with E-state index in [4.69, 9.17) is 0 Å². The van der Waals surface area contributed by atoms with E-state index in [9.17, 15) is 9.90 Å². The van der Waals surface area contributed by atoms with E-state index in [0.717, 1.165) is 13.1 Å². The van der Waals surface area contributed by atoms with Gasteiger partial charge < -0.3 is 10.0 Å². The normalized spacial score (nSPS) is 18.2. The number of fused-ring (bicyclic) bond motifs is 1. The van der Waals surface area contributed by atoms with E-state index < -0.39 is 6.10 Å². The topological polar surface area (TPSA) is 71.2 Å². The molecule has 22 heavy (non-hydrogen) atoms. The van der Waals surface area contributed by atoms with Crippen LogP contribution in [0.5, 0.6) is 0 Å². The lowest BCUT2D eigenvalue weighted by atomic mass is 10.2. The highest BCUT2D eigenvalue weighted by molar-refractivity contribution is 5.71. The Hall–Kier alpha value is -1.79. The van der Waals surface area contributed by atoms with Crippen LogP contribution in [0.2, 0.25) is 0 Å². The summed E-state index contributed by atoms with van der Waals surface area (Å²) in [6.45, 7) is 2.93. The minimum Gasteiger partial charge on any atom is -0.390 e. The van der Waals surface area contributed by atoms with Crippen molar-refractivity contribution in [3.8, 4) is 0 Å². The molecule has 2 aromatic rings. The third kappa shape index (κ3) is 3.51. The van der Waals surface area contributed by atoms with Crippen LogP contribution >= 0.6 is 0 Å². The van der Waals surface area contributed by atoms with E-state index in [1.165, 1.54) is 36.6 Å². The molecule has 118 valence electrons. The number of aromatic nitrogens is 3. The van der Waals surface area contributed by atoms with Crippen molar-refractivity contribution in [2.75, 3.05) is 19.6 Å². The predicted molar refractivity (Wildman–Crippen MR) is 84.7 cm³/mol. The van der Waals surface area contributed by atoms with Gasteiger partial charge in [0.1, 0.15) is 0 Å². The monoisotopic (exact) mass is 302 g/mol. The standard InChI is InChI=1S/C16H22N4O2/c21-13(10-19-8-3-1-2-4-9-19)11-20-12-18-14-6-5-7-17-15(14)16(20)22/h5-7,12-13,21H,1-4,8-11H2/t13-/m1/s1. The maximum absolute atomic E-state index is 12.3. The molecule has 0 saturated carbocycles. The molecular formula is C16H22N4O2. The molecule has 1 atom stereocenters. The van der Waals surface area contributed by atoms with Crippen molar-refractivity contribution >= 4 is 11.0 Å². The smallest absolute Gasteiger partial charge is 0.279 e. The average molecular weight is 302 g/mol. The van der Waals surface area contributed by atoms with Gasteiger partial charge in [0.25, 0.3) is 5.56 Å². The van der Waals surface area contributed by atoms with Gasteiger partial charge in [-0.05, 0) is 38.1 Å². The number of nitrogens with zero attached hydrogens (tertiary/aromatic N) is 4. The molecule has 2 aromatic heterocycles. The Kier molecular flexibility index (Phi) is 4.80. The van der Waals surface area contributed by atoms with Crippen molar-refractivity contribution in [3.63, 3.8) is 0 Å². The number of pyridine rings is 1. The first-order valence-corrected chi connectivity index (χ1v) is 7.94. The van der Waals surface area contributed by atoms with Gasteiger partial charge in [-0.25, -0.2) is 9.97 Å². The fourth-order valence-electron chi connectivity index (χ4n) is 3.02. The molecule has 0 aromatic carbocycles. The van der Waals surface area contributed by atoms with Crippen LogP contribution in [0.1, 0.15) is 25.7 Å². The van der Waals surface area contributed by atoms with Gasteiger partial charge in [-0.15, -0.1) is 0 Å². The summed E-state index contributed by atoms with van der Waals surface area (Å²) >= 11 is 0. The minimum atomic E-state index is -0.571. The maximum Gasteiger partial charge on any atom is 0.279 e. The minimum absolute atomic E-state index is 0.194. The quantitative estimate of drug-likeness (QED) is 0.913. The van der Waals surface area contributed by atoms with Gasteiger partial charge in [0, 0.05) is 12.7 Å². The average Bonchev–Trinajstić information content (AvgIpc) is 2.79. The molecule has 0 aliphatic carbocycles. The van der Waals surface area contributed by atoms with Crippen molar-refractivity contribution in [2.45, 2.75) is 38.3 Å². The third-order valence-corrected chi connectivity index (χ3v) is 4.16. The first kappa shape index (κ1) is 15.1. The zero-order chi connectivity index (χ0) is 15.4. The molecule has 1 saturated heterocycles. The van der Waals surface area contributed by atoms with Gasteiger partial charge >= 0.3 is 0 Å². The van der Waals surface area contributed by atoms with Crippen LogP contribution in [0.3, 0.4) is 0 Å². The Morgan fingerprint density at radius 1 is 1.14 bits per heavy atom. The Morgan fingerprint density at radius 2 is 1.91 bits per heavy atom. The molecule has 1 fully saturated rings. The van der Waals surface area contributed by atoms with E-state index in [1.54, 1.807) is 18.3 Å². The van der Waals surface area contributed by atoms with Crippen LogP contribution in [-0.2, 0) is 6.54 Å². The van der Waals surface area contributed by atoms with Gasteiger partial charge in [-0.3, -0.25) is 9.36 Å². The fraction of sp³-hybridized carbons (Fsp3) is 0.562. The molecule has 0 unspecified atom stereocenters. The van der Waals surface area contributed by atoms with Crippen LogP contribution in [-0.4, -0.2) is 50.3 Å². The van der Waals surface area contributed by atoms with Crippen molar-refractivity contribution in [2.24, 2.45) is 0 Å². The van der Waals surface area contributed by atoms with E-state index in [1.807, 2.05) is 0 Å². The summed E-state index contributed by atoms with van der Waals surface area (Å²) in [5, 5.41) is 10.3. The zero-order valence-electron chi connectivity index (χ0n) is 12.7. The second-order valence-corrected chi connectivity index (χ2v) is 5.94. The lowest BCUT2D eigenvalue weighted by molar-refractivity contribution is 0.0986.